The summed E-state index contributed by atoms with van der Waals surface area (Å²) in [6, 6.07) is 4.28. The van der Waals surface area contributed by atoms with E-state index < -0.39 is 5.41 Å². The predicted octanol–water partition coefficient (Wildman–Crippen LogP) is 2.68. The van der Waals surface area contributed by atoms with Crippen molar-refractivity contribution < 1.29 is 18.7 Å². The van der Waals surface area contributed by atoms with Gasteiger partial charge in [-0.05, 0) is 18.2 Å². The van der Waals surface area contributed by atoms with Gasteiger partial charge in [0.05, 0.1) is 20.6 Å². The molecule has 4 heteroatoms. The maximum atomic E-state index is 13.3. The Labute approximate surface area is 101 Å². The van der Waals surface area contributed by atoms with E-state index in [0.29, 0.717) is 11.3 Å². The number of carbonyl (C=O) groups excluding carboxylic acids is 1. The van der Waals surface area contributed by atoms with Crippen molar-refractivity contribution in [2.45, 2.75) is 25.7 Å². The Morgan fingerprint density at radius 1 is 1.35 bits per heavy atom. The molecule has 0 aromatic heterocycles. The van der Waals surface area contributed by atoms with Crippen LogP contribution in [-0.2, 0) is 14.9 Å². The van der Waals surface area contributed by atoms with Crippen molar-refractivity contribution in [2.24, 2.45) is 0 Å². The molecule has 3 nitrogen and oxygen atoms in total. The smallest absolute Gasteiger partial charge is 0.306 e. The molecule has 0 saturated heterocycles. The Morgan fingerprint density at radius 2 is 2.00 bits per heavy atom. The van der Waals surface area contributed by atoms with Gasteiger partial charge in [0.25, 0.3) is 0 Å². The van der Waals surface area contributed by atoms with Gasteiger partial charge in [0.15, 0.2) is 0 Å². The second kappa shape index (κ2) is 5.17. The molecule has 0 amide bonds. The third-order valence-electron chi connectivity index (χ3n) is 2.70. The molecule has 0 saturated carbocycles. The summed E-state index contributed by atoms with van der Waals surface area (Å²) in [4.78, 5) is 11.3. The van der Waals surface area contributed by atoms with Crippen molar-refractivity contribution >= 4 is 5.97 Å². The zero-order chi connectivity index (χ0) is 13.1. The second-order valence-corrected chi connectivity index (χ2v) is 4.48. The number of rotatable bonds is 4. The largest absolute Gasteiger partial charge is 0.496 e. The lowest BCUT2D eigenvalue weighted by Gasteiger charge is -2.25. The van der Waals surface area contributed by atoms with Crippen LogP contribution in [0.25, 0.3) is 0 Å². The summed E-state index contributed by atoms with van der Waals surface area (Å²) in [5, 5.41) is 0. The van der Waals surface area contributed by atoms with Crippen LogP contribution in [-0.4, -0.2) is 20.2 Å². The number of ether oxygens (including phenoxy) is 2. The highest BCUT2D eigenvalue weighted by atomic mass is 19.1. The quantitative estimate of drug-likeness (QED) is 0.759. The normalized spacial score (nSPS) is 11.1. The summed E-state index contributed by atoms with van der Waals surface area (Å²) < 4.78 is 23.1. The number of hydrogen-bond acceptors (Lipinski definition) is 3. The van der Waals surface area contributed by atoms with Crippen molar-refractivity contribution in [3.8, 4) is 5.75 Å². The maximum Gasteiger partial charge on any atom is 0.306 e. The lowest BCUT2D eigenvalue weighted by atomic mass is 9.81. The Morgan fingerprint density at radius 3 is 2.53 bits per heavy atom. The van der Waals surface area contributed by atoms with Gasteiger partial charge in [0.1, 0.15) is 11.6 Å². The van der Waals surface area contributed by atoms with Crippen molar-refractivity contribution in [1.82, 2.24) is 0 Å². The highest BCUT2D eigenvalue weighted by Gasteiger charge is 2.28. The molecule has 0 aliphatic rings. The van der Waals surface area contributed by atoms with Gasteiger partial charge >= 0.3 is 5.97 Å². The van der Waals surface area contributed by atoms with E-state index in [1.54, 1.807) is 6.07 Å². The molecule has 0 bridgehead atoms. The molecular formula is C13H17FO3. The van der Waals surface area contributed by atoms with Crippen LogP contribution in [0.1, 0.15) is 25.8 Å². The maximum absolute atomic E-state index is 13.3. The first-order valence-electron chi connectivity index (χ1n) is 5.31. The van der Waals surface area contributed by atoms with Crippen LogP contribution in [0, 0.1) is 5.82 Å². The lowest BCUT2D eigenvalue weighted by molar-refractivity contribution is -0.141. The highest BCUT2D eigenvalue weighted by molar-refractivity contribution is 5.71. The van der Waals surface area contributed by atoms with E-state index in [0.717, 1.165) is 0 Å². The van der Waals surface area contributed by atoms with E-state index >= 15 is 0 Å². The van der Waals surface area contributed by atoms with Gasteiger partial charge in [-0.2, -0.15) is 0 Å². The minimum atomic E-state index is -0.541. The predicted molar refractivity (Wildman–Crippen MR) is 62.6 cm³/mol. The fraction of sp³-hybridized carbons (Fsp3) is 0.462. The molecular weight excluding hydrogens is 223 g/mol. The summed E-state index contributed by atoms with van der Waals surface area (Å²) in [7, 11) is 2.85. The zero-order valence-electron chi connectivity index (χ0n) is 10.5. The summed E-state index contributed by atoms with van der Waals surface area (Å²) >= 11 is 0. The van der Waals surface area contributed by atoms with Crippen molar-refractivity contribution in [1.29, 1.82) is 0 Å². The fourth-order valence-electron chi connectivity index (χ4n) is 1.74. The van der Waals surface area contributed by atoms with E-state index in [1.165, 1.54) is 26.4 Å². The number of halogens is 1. The van der Waals surface area contributed by atoms with Gasteiger partial charge in [-0.3, -0.25) is 4.79 Å². The topological polar surface area (TPSA) is 35.5 Å². The SMILES string of the molecule is COC(=O)CC(C)(C)c1cc(F)ccc1OC. The molecule has 17 heavy (non-hydrogen) atoms. The molecule has 0 heterocycles. The molecule has 0 atom stereocenters. The monoisotopic (exact) mass is 240 g/mol. The molecule has 0 aliphatic heterocycles. The van der Waals surface area contributed by atoms with E-state index in [9.17, 15) is 9.18 Å². The number of benzene rings is 1. The third kappa shape index (κ3) is 3.19. The highest BCUT2D eigenvalue weighted by Crippen LogP contribution is 2.34. The van der Waals surface area contributed by atoms with Gasteiger partial charge in [0.2, 0.25) is 0 Å². The van der Waals surface area contributed by atoms with Crippen LogP contribution in [0.4, 0.5) is 4.39 Å². The molecule has 0 unspecified atom stereocenters. The van der Waals surface area contributed by atoms with Crippen LogP contribution in [0.15, 0.2) is 18.2 Å². The van der Waals surface area contributed by atoms with E-state index in [1.807, 2.05) is 13.8 Å². The molecule has 0 aliphatic carbocycles. The van der Waals surface area contributed by atoms with Crippen LogP contribution >= 0.6 is 0 Å². The molecule has 0 fully saturated rings. The molecule has 0 radical (unpaired) electrons. The molecule has 1 rings (SSSR count). The minimum Gasteiger partial charge on any atom is -0.496 e. The Balaban J connectivity index is 3.12. The van der Waals surface area contributed by atoms with E-state index in [2.05, 4.69) is 4.74 Å². The molecule has 0 N–H and O–H groups in total. The van der Waals surface area contributed by atoms with Crippen molar-refractivity contribution in [3.05, 3.63) is 29.6 Å². The first-order valence-corrected chi connectivity index (χ1v) is 5.31. The van der Waals surface area contributed by atoms with Gasteiger partial charge in [-0.25, -0.2) is 4.39 Å². The van der Waals surface area contributed by atoms with Gasteiger partial charge < -0.3 is 9.47 Å². The third-order valence-corrected chi connectivity index (χ3v) is 2.70. The first kappa shape index (κ1) is 13.5. The number of esters is 1. The summed E-state index contributed by atoms with van der Waals surface area (Å²) in [5.41, 5.74) is 0.117. The van der Waals surface area contributed by atoms with Crippen LogP contribution in [0.5, 0.6) is 5.75 Å². The molecule has 0 spiro atoms. The Kier molecular flexibility index (Phi) is 4.10. The lowest BCUT2D eigenvalue weighted by Crippen LogP contribution is -2.23. The van der Waals surface area contributed by atoms with Crippen LogP contribution < -0.4 is 4.74 Å². The summed E-state index contributed by atoms with van der Waals surface area (Å²) in [6.45, 7) is 3.70. The summed E-state index contributed by atoms with van der Waals surface area (Å²) in [6.07, 6.45) is 0.170. The average Bonchev–Trinajstić information content (AvgIpc) is 2.28. The number of hydrogen-bond donors (Lipinski definition) is 0. The van der Waals surface area contributed by atoms with Crippen molar-refractivity contribution in [2.75, 3.05) is 14.2 Å². The summed E-state index contributed by atoms with van der Waals surface area (Å²) in [5.74, 6) is -0.111. The standard InChI is InChI=1S/C13H17FO3/c1-13(2,8-12(15)17-4)10-7-9(14)5-6-11(10)16-3/h5-7H,8H2,1-4H3. The molecule has 94 valence electrons. The Bertz CT molecular complexity index is 413. The van der Waals surface area contributed by atoms with Crippen molar-refractivity contribution in [3.63, 3.8) is 0 Å². The molecule has 1 aromatic carbocycles. The van der Waals surface area contributed by atoms with Gasteiger partial charge in [0, 0.05) is 11.0 Å². The number of carbonyl (C=O) groups is 1. The fourth-order valence-corrected chi connectivity index (χ4v) is 1.74. The second-order valence-electron chi connectivity index (χ2n) is 4.48. The average molecular weight is 240 g/mol. The molecule has 1 aromatic rings. The van der Waals surface area contributed by atoms with E-state index in [-0.39, 0.29) is 18.2 Å². The van der Waals surface area contributed by atoms with Gasteiger partial charge in [-0.1, -0.05) is 13.8 Å². The minimum absolute atomic E-state index is 0.170. The van der Waals surface area contributed by atoms with Gasteiger partial charge in [-0.15, -0.1) is 0 Å². The first-order chi connectivity index (χ1) is 7.90. The zero-order valence-corrected chi connectivity index (χ0v) is 10.5. The number of methoxy groups -OCH3 is 2. The van der Waals surface area contributed by atoms with E-state index in [4.69, 9.17) is 4.74 Å². The van der Waals surface area contributed by atoms with Crippen LogP contribution in [0.3, 0.4) is 0 Å². The van der Waals surface area contributed by atoms with Crippen LogP contribution in [0.2, 0.25) is 0 Å². The Hall–Kier alpha value is -1.58.